The third kappa shape index (κ3) is 5.73. The quantitative estimate of drug-likeness (QED) is 0.423. The number of carbonyl (C=O) groups excluding carboxylic acids is 3. The van der Waals surface area contributed by atoms with Crippen LogP contribution in [0.1, 0.15) is 57.6 Å². The zero-order valence-electron chi connectivity index (χ0n) is 19.3. The molecule has 2 amide bonds. The number of nitrogens with zero attached hydrogens (tertiary/aromatic N) is 2. The van der Waals surface area contributed by atoms with Crippen LogP contribution >= 0.6 is 11.6 Å². The number of benzene rings is 1. The van der Waals surface area contributed by atoms with Crippen molar-refractivity contribution in [1.82, 2.24) is 14.9 Å². The van der Waals surface area contributed by atoms with Crippen LogP contribution in [0.5, 0.6) is 0 Å². The monoisotopic (exact) mass is 524 g/mol. The number of pyridine rings is 1. The molecule has 12 heteroatoms. The van der Waals surface area contributed by atoms with Gasteiger partial charge in [-0.2, -0.15) is 13.2 Å². The predicted octanol–water partition coefficient (Wildman–Crippen LogP) is 5.05. The maximum absolute atomic E-state index is 14.0. The number of rotatable bonds is 7. The van der Waals surface area contributed by atoms with Gasteiger partial charge in [-0.3, -0.25) is 19.4 Å². The average molecular weight is 525 g/mol. The summed E-state index contributed by atoms with van der Waals surface area (Å²) in [5.41, 5.74) is -1.05. The van der Waals surface area contributed by atoms with Crippen LogP contribution in [0.2, 0.25) is 5.02 Å². The highest BCUT2D eigenvalue weighted by Gasteiger charge is 2.32. The molecule has 0 saturated heterocycles. The normalized spacial score (nSPS) is 12.2. The van der Waals surface area contributed by atoms with Gasteiger partial charge in [0.25, 0.3) is 11.8 Å². The maximum atomic E-state index is 14.0. The molecule has 0 saturated carbocycles. The van der Waals surface area contributed by atoms with Gasteiger partial charge in [0.05, 0.1) is 17.8 Å². The smallest absolute Gasteiger partial charge is 0.354 e. The molecule has 0 radical (unpaired) electrons. The van der Waals surface area contributed by atoms with Crippen LogP contribution in [-0.2, 0) is 17.5 Å². The average Bonchev–Trinajstić information content (AvgIpc) is 3.15. The van der Waals surface area contributed by atoms with Gasteiger partial charge in [0, 0.05) is 29.9 Å². The van der Waals surface area contributed by atoms with Crippen molar-refractivity contribution in [3.05, 3.63) is 81.6 Å². The number of carbonyl (C=O) groups is 3. The topological polar surface area (TPSA) is 93.1 Å². The summed E-state index contributed by atoms with van der Waals surface area (Å²) in [6.45, 7) is 2.65. The Morgan fingerprint density at radius 3 is 2.42 bits per heavy atom. The van der Waals surface area contributed by atoms with Crippen LogP contribution in [0.25, 0.3) is 0 Å². The summed E-state index contributed by atoms with van der Waals surface area (Å²) in [7, 11) is 1.37. The highest BCUT2D eigenvalue weighted by Crippen LogP contribution is 2.37. The van der Waals surface area contributed by atoms with Gasteiger partial charge in [0.15, 0.2) is 0 Å². The summed E-state index contributed by atoms with van der Waals surface area (Å²) in [6.07, 6.45) is -3.84. The van der Waals surface area contributed by atoms with E-state index < -0.39 is 41.0 Å². The van der Waals surface area contributed by atoms with Gasteiger partial charge < -0.3 is 15.2 Å². The first-order chi connectivity index (χ1) is 16.8. The van der Waals surface area contributed by atoms with E-state index in [1.807, 2.05) is 0 Å². The summed E-state index contributed by atoms with van der Waals surface area (Å²) in [5.74, 6) is -3.24. The standard InChI is InChI=1S/C24H21ClF4N4O3/c1-12(34)11-33-20(23(36)30-3)10-18(21(33)13(2)16-9-15(26)4-5-17(16)25)32-22(35)19-8-14(6-7-31-19)24(27,28)29/h4-10,13H,11H2,1-3H3,(H,30,36)(H,32,35)/t13-/m0/s1. The lowest BCUT2D eigenvalue weighted by Crippen LogP contribution is -2.24. The summed E-state index contributed by atoms with van der Waals surface area (Å²) in [6, 6.07) is 6.28. The van der Waals surface area contributed by atoms with E-state index >= 15 is 0 Å². The van der Waals surface area contributed by atoms with Crippen LogP contribution in [-0.4, -0.2) is 34.2 Å². The van der Waals surface area contributed by atoms with Crippen molar-refractivity contribution >= 4 is 34.9 Å². The molecule has 3 aromatic rings. The number of alkyl halides is 3. The second-order valence-corrected chi connectivity index (χ2v) is 8.37. The number of aromatic nitrogens is 2. The van der Waals surface area contributed by atoms with Crippen molar-refractivity contribution in [3.8, 4) is 0 Å². The SMILES string of the molecule is CNC(=O)c1cc(NC(=O)c2cc(C(F)(F)F)ccn2)c([C@@H](C)c2cc(F)ccc2Cl)n1CC(C)=O. The molecule has 7 nitrogen and oxygen atoms in total. The Bertz CT molecular complexity index is 1340. The van der Waals surface area contributed by atoms with Crippen LogP contribution < -0.4 is 10.6 Å². The van der Waals surface area contributed by atoms with Crippen molar-refractivity contribution in [2.75, 3.05) is 12.4 Å². The zero-order valence-corrected chi connectivity index (χ0v) is 20.1. The van der Waals surface area contributed by atoms with Gasteiger partial charge in [-0.1, -0.05) is 18.5 Å². The third-order valence-electron chi connectivity index (χ3n) is 5.38. The largest absolute Gasteiger partial charge is 0.416 e. The molecule has 36 heavy (non-hydrogen) atoms. The van der Waals surface area contributed by atoms with Crippen molar-refractivity contribution < 1.29 is 31.9 Å². The lowest BCUT2D eigenvalue weighted by molar-refractivity contribution is -0.137. The highest BCUT2D eigenvalue weighted by molar-refractivity contribution is 6.31. The minimum absolute atomic E-state index is 0.00521. The number of anilines is 1. The minimum Gasteiger partial charge on any atom is -0.354 e. The van der Waals surface area contributed by atoms with E-state index in [4.69, 9.17) is 11.6 Å². The summed E-state index contributed by atoms with van der Waals surface area (Å²) < 4.78 is 54.7. The molecule has 0 unspecified atom stereocenters. The predicted molar refractivity (Wildman–Crippen MR) is 125 cm³/mol. The fourth-order valence-corrected chi connectivity index (χ4v) is 4.03. The van der Waals surface area contributed by atoms with E-state index in [0.717, 1.165) is 18.3 Å². The number of halogens is 5. The van der Waals surface area contributed by atoms with Gasteiger partial charge in [-0.25, -0.2) is 4.39 Å². The van der Waals surface area contributed by atoms with Crippen molar-refractivity contribution in [2.24, 2.45) is 0 Å². The second-order valence-electron chi connectivity index (χ2n) is 7.96. The third-order valence-corrected chi connectivity index (χ3v) is 5.73. The van der Waals surface area contributed by atoms with E-state index in [2.05, 4.69) is 15.6 Å². The highest BCUT2D eigenvalue weighted by atomic mass is 35.5. The van der Waals surface area contributed by atoms with Crippen LogP contribution in [0, 0.1) is 5.82 Å². The molecule has 0 aliphatic rings. The molecule has 1 aromatic carbocycles. The Balaban J connectivity index is 2.17. The number of amides is 2. The molecule has 0 aliphatic carbocycles. The number of ketones is 1. The minimum atomic E-state index is -4.69. The molecule has 2 heterocycles. The molecule has 1 atom stereocenters. The van der Waals surface area contributed by atoms with Crippen molar-refractivity contribution in [1.29, 1.82) is 0 Å². The Hall–Kier alpha value is -3.73. The second kappa shape index (κ2) is 10.5. The molecule has 0 bridgehead atoms. The summed E-state index contributed by atoms with van der Waals surface area (Å²) in [5, 5.41) is 5.11. The number of hydrogen-bond acceptors (Lipinski definition) is 4. The van der Waals surface area contributed by atoms with Crippen molar-refractivity contribution in [3.63, 3.8) is 0 Å². The van der Waals surface area contributed by atoms with E-state index in [9.17, 15) is 31.9 Å². The summed E-state index contributed by atoms with van der Waals surface area (Å²) in [4.78, 5) is 41.3. The van der Waals surface area contributed by atoms with Crippen LogP contribution in [0.15, 0.2) is 42.6 Å². The lowest BCUT2D eigenvalue weighted by Gasteiger charge is -2.20. The molecule has 0 spiro atoms. The number of Topliss-reactive ketones (excluding diaryl/α,β-unsaturated/α-hetero) is 1. The molecule has 2 N–H and O–H groups in total. The fraction of sp³-hybridized carbons (Fsp3) is 0.250. The molecular formula is C24H21ClF4N4O3. The molecular weight excluding hydrogens is 504 g/mol. The first-order valence-electron chi connectivity index (χ1n) is 10.6. The fourth-order valence-electron chi connectivity index (χ4n) is 3.75. The number of hydrogen-bond donors (Lipinski definition) is 2. The van der Waals surface area contributed by atoms with Gasteiger partial charge in [0.2, 0.25) is 0 Å². The van der Waals surface area contributed by atoms with Gasteiger partial charge in [-0.05, 0) is 48.9 Å². The van der Waals surface area contributed by atoms with Gasteiger partial charge in [-0.15, -0.1) is 0 Å². The van der Waals surface area contributed by atoms with E-state index in [1.165, 1.54) is 36.7 Å². The number of nitrogens with one attached hydrogen (secondary N) is 2. The molecule has 190 valence electrons. The molecule has 0 fully saturated rings. The summed E-state index contributed by atoms with van der Waals surface area (Å²) >= 11 is 6.28. The maximum Gasteiger partial charge on any atom is 0.416 e. The Labute approximate surface area is 208 Å². The Morgan fingerprint density at radius 2 is 1.81 bits per heavy atom. The molecule has 2 aromatic heterocycles. The molecule has 0 aliphatic heterocycles. The Morgan fingerprint density at radius 1 is 1.11 bits per heavy atom. The lowest BCUT2D eigenvalue weighted by atomic mass is 9.96. The van der Waals surface area contributed by atoms with Crippen molar-refractivity contribution in [2.45, 2.75) is 32.5 Å². The van der Waals surface area contributed by atoms with E-state index in [-0.39, 0.29) is 34.4 Å². The van der Waals surface area contributed by atoms with Gasteiger partial charge in [0.1, 0.15) is 23.0 Å². The van der Waals surface area contributed by atoms with Gasteiger partial charge >= 0.3 is 6.18 Å². The van der Waals surface area contributed by atoms with E-state index in [0.29, 0.717) is 11.6 Å². The van der Waals surface area contributed by atoms with Crippen LogP contribution in [0.3, 0.4) is 0 Å². The Kier molecular flexibility index (Phi) is 7.83. The molecule has 3 rings (SSSR count). The first kappa shape index (κ1) is 26.9. The van der Waals surface area contributed by atoms with Crippen LogP contribution in [0.4, 0.5) is 23.2 Å². The van der Waals surface area contributed by atoms with E-state index in [1.54, 1.807) is 6.92 Å². The zero-order chi connectivity index (χ0) is 26.8. The first-order valence-corrected chi connectivity index (χ1v) is 11.0.